The lowest BCUT2D eigenvalue weighted by atomic mass is 10.2. The fourth-order valence-electron chi connectivity index (χ4n) is 1.28. The van der Waals surface area contributed by atoms with E-state index in [4.69, 9.17) is 5.73 Å². The average Bonchev–Trinajstić information content (AvgIpc) is 2.46. The second kappa shape index (κ2) is 5.69. The van der Waals surface area contributed by atoms with Crippen molar-refractivity contribution in [1.29, 1.82) is 0 Å². The monoisotopic (exact) mass is 244 g/mol. The Balaban J connectivity index is 2.13. The highest BCUT2D eigenvalue weighted by atomic mass is 16.2. The van der Waals surface area contributed by atoms with Crippen LogP contribution in [0.2, 0.25) is 0 Å². The number of rotatable bonds is 4. The van der Waals surface area contributed by atoms with Crippen molar-refractivity contribution < 1.29 is 4.79 Å². The highest BCUT2D eigenvalue weighted by molar-refractivity contribution is 5.78. The van der Waals surface area contributed by atoms with Gasteiger partial charge in [-0.1, -0.05) is 30.3 Å². The number of carbonyl (C=O) groups excluding carboxylic acids is 1. The predicted octanol–water partition coefficient (Wildman–Crippen LogP) is -0.0596. The van der Waals surface area contributed by atoms with Crippen molar-refractivity contribution in [3.63, 3.8) is 0 Å². The number of carbonyl (C=O) groups is 1. The Hall–Kier alpha value is -2.54. The summed E-state index contributed by atoms with van der Waals surface area (Å²) in [5.41, 5.74) is 11.6. The molecule has 1 amide bonds. The molecule has 0 bridgehead atoms. The van der Waals surface area contributed by atoms with Crippen LogP contribution >= 0.6 is 0 Å². The highest BCUT2D eigenvalue weighted by Gasteiger charge is 2.03. The number of nitrogens with two attached hydrogens (primary N) is 1. The van der Waals surface area contributed by atoms with Crippen molar-refractivity contribution in [2.45, 2.75) is 0 Å². The van der Waals surface area contributed by atoms with Gasteiger partial charge in [0.1, 0.15) is 0 Å². The summed E-state index contributed by atoms with van der Waals surface area (Å²) in [6.07, 6.45) is 1.55. The number of nitrogens with one attached hydrogen (secondary N) is 2. The lowest BCUT2D eigenvalue weighted by molar-refractivity contribution is -0.119. The number of hydrazine groups is 1. The summed E-state index contributed by atoms with van der Waals surface area (Å²) < 4.78 is 0. The van der Waals surface area contributed by atoms with Crippen LogP contribution < -0.4 is 16.6 Å². The maximum Gasteiger partial charge on any atom is 0.262 e. The number of hydrogen-bond donors (Lipinski definition) is 3. The van der Waals surface area contributed by atoms with Gasteiger partial charge in [0.05, 0.1) is 18.4 Å². The Morgan fingerprint density at radius 3 is 2.78 bits per heavy atom. The molecule has 0 aliphatic rings. The smallest absolute Gasteiger partial charge is 0.262 e. The zero-order valence-corrected chi connectivity index (χ0v) is 9.50. The van der Waals surface area contributed by atoms with Crippen LogP contribution in [0, 0.1) is 0 Å². The molecule has 0 unspecified atom stereocenters. The van der Waals surface area contributed by atoms with Crippen LogP contribution in [-0.4, -0.2) is 27.6 Å². The van der Waals surface area contributed by atoms with Gasteiger partial charge in [0.25, 0.3) is 11.9 Å². The molecule has 0 fully saturated rings. The summed E-state index contributed by atoms with van der Waals surface area (Å²) >= 11 is 0. The van der Waals surface area contributed by atoms with Crippen LogP contribution in [0.25, 0.3) is 11.3 Å². The molecule has 0 atom stereocenters. The molecular formula is C11H12N6O. The summed E-state index contributed by atoms with van der Waals surface area (Å²) in [6.45, 7) is -0.112. The van der Waals surface area contributed by atoms with Crippen LogP contribution in [0.4, 0.5) is 5.95 Å². The van der Waals surface area contributed by atoms with Crippen LogP contribution in [0.3, 0.4) is 0 Å². The number of aromatic nitrogens is 3. The molecule has 18 heavy (non-hydrogen) atoms. The van der Waals surface area contributed by atoms with Crippen LogP contribution in [0.1, 0.15) is 0 Å². The molecule has 0 aliphatic carbocycles. The molecular weight excluding hydrogens is 232 g/mol. The van der Waals surface area contributed by atoms with E-state index in [9.17, 15) is 4.79 Å². The Labute approximate surface area is 103 Å². The zero-order valence-electron chi connectivity index (χ0n) is 9.50. The molecule has 4 N–H and O–H groups in total. The third-order valence-electron chi connectivity index (χ3n) is 2.13. The van der Waals surface area contributed by atoms with Gasteiger partial charge in [-0.25, -0.2) is 4.98 Å². The number of nitrogens with zero attached hydrogens (tertiary/aromatic N) is 3. The molecule has 0 saturated heterocycles. The van der Waals surface area contributed by atoms with Gasteiger partial charge in [0.2, 0.25) is 0 Å². The number of amides is 1. The van der Waals surface area contributed by atoms with Gasteiger partial charge in [-0.2, -0.15) is 5.10 Å². The maximum absolute atomic E-state index is 11.0. The number of benzene rings is 1. The van der Waals surface area contributed by atoms with E-state index in [0.717, 1.165) is 5.56 Å². The van der Waals surface area contributed by atoms with Gasteiger partial charge in [0, 0.05) is 5.56 Å². The molecule has 2 rings (SSSR count). The van der Waals surface area contributed by atoms with Crippen LogP contribution in [-0.2, 0) is 4.79 Å². The van der Waals surface area contributed by atoms with Gasteiger partial charge in [-0.3, -0.25) is 15.6 Å². The third kappa shape index (κ3) is 2.98. The van der Waals surface area contributed by atoms with Gasteiger partial charge in [0.15, 0.2) is 0 Å². The number of hydrogen-bond acceptors (Lipinski definition) is 6. The van der Waals surface area contributed by atoms with Gasteiger partial charge >= 0.3 is 0 Å². The van der Waals surface area contributed by atoms with Crippen molar-refractivity contribution in [3.05, 3.63) is 36.5 Å². The van der Waals surface area contributed by atoms with E-state index < -0.39 is 0 Å². The summed E-state index contributed by atoms with van der Waals surface area (Å²) in [5.74, 6) is -0.151. The standard InChI is InChI=1S/C11H12N6O/c12-6-10(18)15-17-11-14-9(7-13-16-11)8-4-2-1-3-5-8/h1-5,7H,6,12H2,(H,15,18)(H,14,16,17). The van der Waals surface area contributed by atoms with E-state index in [1.165, 1.54) is 0 Å². The molecule has 7 heteroatoms. The second-order valence-electron chi connectivity index (χ2n) is 3.41. The van der Waals surface area contributed by atoms with Gasteiger partial charge in [-0.15, -0.1) is 5.10 Å². The summed E-state index contributed by atoms with van der Waals surface area (Å²) in [4.78, 5) is 15.2. The first-order chi connectivity index (χ1) is 8.79. The lowest BCUT2D eigenvalue weighted by Gasteiger charge is -2.06. The van der Waals surface area contributed by atoms with Crippen molar-refractivity contribution >= 4 is 11.9 Å². The van der Waals surface area contributed by atoms with Crippen LogP contribution in [0.15, 0.2) is 36.5 Å². The SMILES string of the molecule is NCC(=O)NNc1nncc(-c2ccccc2)n1. The van der Waals surface area contributed by atoms with Crippen molar-refractivity contribution in [2.75, 3.05) is 12.0 Å². The molecule has 0 radical (unpaired) electrons. The van der Waals surface area contributed by atoms with E-state index in [0.29, 0.717) is 5.69 Å². The Morgan fingerprint density at radius 1 is 1.28 bits per heavy atom. The molecule has 1 aromatic heterocycles. The summed E-state index contributed by atoms with van der Waals surface area (Å²) in [5, 5.41) is 7.55. The highest BCUT2D eigenvalue weighted by Crippen LogP contribution is 2.15. The lowest BCUT2D eigenvalue weighted by Crippen LogP contribution is -2.35. The van der Waals surface area contributed by atoms with E-state index >= 15 is 0 Å². The Kier molecular flexibility index (Phi) is 3.77. The molecule has 1 heterocycles. The van der Waals surface area contributed by atoms with E-state index in [1.54, 1.807) is 6.20 Å². The number of anilines is 1. The zero-order chi connectivity index (χ0) is 12.8. The maximum atomic E-state index is 11.0. The molecule has 0 spiro atoms. The topological polar surface area (TPSA) is 106 Å². The minimum atomic E-state index is -0.358. The average molecular weight is 244 g/mol. The van der Waals surface area contributed by atoms with Crippen molar-refractivity contribution in [1.82, 2.24) is 20.6 Å². The molecule has 2 aromatic rings. The quantitative estimate of drug-likeness (QED) is 0.651. The summed E-state index contributed by atoms with van der Waals surface area (Å²) in [7, 11) is 0. The van der Waals surface area contributed by atoms with Gasteiger partial charge in [-0.05, 0) is 0 Å². The van der Waals surface area contributed by atoms with Crippen molar-refractivity contribution in [2.24, 2.45) is 5.73 Å². The fraction of sp³-hybridized carbons (Fsp3) is 0.0909. The molecule has 7 nitrogen and oxygen atoms in total. The molecule has 92 valence electrons. The fourth-order valence-corrected chi connectivity index (χ4v) is 1.28. The predicted molar refractivity (Wildman–Crippen MR) is 66.1 cm³/mol. The van der Waals surface area contributed by atoms with Crippen LogP contribution in [0.5, 0.6) is 0 Å². The Bertz CT molecular complexity index is 530. The van der Waals surface area contributed by atoms with E-state index in [1.807, 2.05) is 30.3 Å². The first kappa shape index (κ1) is 11.9. The largest absolute Gasteiger partial charge is 0.322 e. The first-order valence-corrected chi connectivity index (χ1v) is 5.29. The van der Waals surface area contributed by atoms with E-state index in [2.05, 4.69) is 26.0 Å². The third-order valence-corrected chi connectivity index (χ3v) is 2.13. The van der Waals surface area contributed by atoms with Gasteiger partial charge < -0.3 is 5.73 Å². The molecule has 0 saturated carbocycles. The molecule has 0 aliphatic heterocycles. The Morgan fingerprint density at radius 2 is 2.06 bits per heavy atom. The first-order valence-electron chi connectivity index (χ1n) is 5.29. The molecule has 1 aromatic carbocycles. The summed E-state index contributed by atoms with van der Waals surface area (Å²) in [6, 6.07) is 9.54. The minimum absolute atomic E-state index is 0.112. The second-order valence-corrected chi connectivity index (χ2v) is 3.41. The minimum Gasteiger partial charge on any atom is -0.322 e. The van der Waals surface area contributed by atoms with E-state index in [-0.39, 0.29) is 18.4 Å². The normalized spacial score (nSPS) is 9.83. The van der Waals surface area contributed by atoms with Crippen molar-refractivity contribution in [3.8, 4) is 11.3 Å².